The van der Waals surface area contributed by atoms with Crippen LogP contribution >= 0.6 is 0 Å². The molecule has 22 heavy (non-hydrogen) atoms. The van der Waals surface area contributed by atoms with Crippen LogP contribution in [0.15, 0.2) is 18.2 Å². The minimum Gasteiger partial charge on any atom is -0.496 e. The maximum absolute atomic E-state index is 12.1. The summed E-state index contributed by atoms with van der Waals surface area (Å²) in [6.45, 7) is 4.48. The Balaban J connectivity index is 1.77. The summed E-state index contributed by atoms with van der Waals surface area (Å²) in [6, 6.07) is 6.58. The second-order valence-electron chi connectivity index (χ2n) is 6.77. The minimum absolute atomic E-state index is 0.0174. The molecule has 3 heteroatoms. The molecule has 1 aromatic rings. The molecular formula is C19H26O3. The number of hydrogen-bond donors (Lipinski definition) is 0. The summed E-state index contributed by atoms with van der Waals surface area (Å²) < 4.78 is 10.6. The van der Waals surface area contributed by atoms with Gasteiger partial charge in [-0.15, -0.1) is 0 Å². The summed E-state index contributed by atoms with van der Waals surface area (Å²) in [5, 5.41) is 0. The molecule has 2 saturated carbocycles. The van der Waals surface area contributed by atoms with Crippen molar-refractivity contribution in [1.29, 1.82) is 0 Å². The Labute approximate surface area is 133 Å². The zero-order valence-electron chi connectivity index (χ0n) is 13.8. The number of carbonyl (C=O) groups excluding carboxylic acids is 1. The van der Waals surface area contributed by atoms with Crippen LogP contribution < -0.4 is 4.74 Å². The van der Waals surface area contributed by atoms with Crippen molar-refractivity contribution in [3.8, 4) is 5.75 Å². The average Bonchev–Trinajstić information content (AvgIpc) is 2.77. The van der Waals surface area contributed by atoms with Crippen LogP contribution in [0, 0.1) is 24.7 Å². The van der Waals surface area contributed by atoms with Crippen molar-refractivity contribution in [1.82, 2.24) is 0 Å². The zero-order chi connectivity index (χ0) is 15.7. The maximum Gasteiger partial charge on any atom is 0.308 e. The summed E-state index contributed by atoms with van der Waals surface area (Å²) >= 11 is 0. The number of fused-ring (bicyclic) bond motifs is 2. The van der Waals surface area contributed by atoms with E-state index in [1.807, 2.05) is 6.92 Å². The van der Waals surface area contributed by atoms with Gasteiger partial charge in [0.05, 0.1) is 19.6 Å². The highest BCUT2D eigenvalue weighted by atomic mass is 16.5. The number of esters is 1. The van der Waals surface area contributed by atoms with Gasteiger partial charge in [-0.2, -0.15) is 0 Å². The topological polar surface area (TPSA) is 35.5 Å². The average molecular weight is 302 g/mol. The number of hydrogen-bond acceptors (Lipinski definition) is 3. The fraction of sp³-hybridized carbons (Fsp3) is 0.632. The van der Waals surface area contributed by atoms with Crippen molar-refractivity contribution in [2.24, 2.45) is 17.8 Å². The number of methoxy groups -OCH3 is 1. The molecule has 2 atom stereocenters. The zero-order valence-corrected chi connectivity index (χ0v) is 13.8. The van der Waals surface area contributed by atoms with Crippen molar-refractivity contribution in [3.05, 3.63) is 29.3 Å². The first-order valence-electron chi connectivity index (χ1n) is 8.45. The molecule has 0 heterocycles. The van der Waals surface area contributed by atoms with Crippen molar-refractivity contribution >= 4 is 5.97 Å². The van der Waals surface area contributed by atoms with E-state index in [0.717, 1.165) is 18.6 Å². The summed E-state index contributed by atoms with van der Waals surface area (Å²) in [6.07, 6.45) is 4.47. The Morgan fingerprint density at radius 1 is 1.23 bits per heavy atom. The van der Waals surface area contributed by atoms with Gasteiger partial charge in [0, 0.05) is 0 Å². The summed E-state index contributed by atoms with van der Waals surface area (Å²) in [7, 11) is 1.72. The fourth-order valence-corrected chi connectivity index (χ4v) is 4.63. The van der Waals surface area contributed by atoms with Crippen LogP contribution in [-0.2, 0) is 9.53 Å². The third-order valence-electron chi connectivity index (χ3n) is 5.52. The molecule has 2 bridgehead atoms. The smallest absolute Gasteiger partial charge is 0.308 e. The summed E-state index contributed by atoms with van der Waals surface area (Å²) in [5.41, 5.74) is 2.63. The van der Waals surface area contributed by atoms with Gasteiger partial charge in [-0.1, -0.05) is 12.1 Å². The lowest BCUT2D eigenvalue weighted by Crippen LogP contribution is -2.30. The third kappa shape index (κ3) is 2.73. The molecule has 0 amide bonds. The monoisotopic (exact) mass is 302 g/mol. The van der Waals surface area contributed by atoms with Gasteiger partial charge in [0.25, 0.3) is 0 Å². The molecule has 0 aromatic heterocycles. The number of carbonyl (C=O) groups is 1. The molecule has 2 fully saturated rings. The van der Waals surface area contributed by atoms with Crippen molar-refractivity contribution in [2.75, 3.05) is 13.7 Å². The quantitative estimate of drug-likeness (QED) is 0.786. The van der Waals surface area contributed by atoms with Crippen LogP contribution in [0.1, 0.15) is 49.7 Å². The number of benzene rings is 1. The molecule has 0 N–H and O–H groups in total. The molecule has 0 saturated heterocycles. The van der Waals surface area contributed by atoms with Crippen LogP contribution in [-0.4, -0.2) is 19.7 Å². The van der Waals surface area contributed by atoms with Crippen LogP contribution in [0.2, 0.25) is 0 Å². The Hall–Kier alpha value is -1.51. The van der Waals surface area contributed by atoms with Crippen LogP contribution in [0.3, 0.4) is 0 Å². The van der Waals surface area contributed by atoms with Crippen LogP contribution in [0.25, 0.3) is 0 Å². The molecular weight excluding hydrogens is 276 g/mol. The first-order valence-corrected chi connectivity index (χ1v) is 8.45. The standard InChI is InChI=1S/C19H26O3/c1-4-22-19(20)16-10-14-5-6-15(11-16)18(14)13-7-8-17(21-3)12(2)9-13/h7-9,14-16,18H,4-6,10-11H2,1-3H3. The van der Waals surface area contributed by atoms with E-state index in [-0.39, 0.29) is 11.9 Å². The second-order valence-corrected chi connectivity index (χ2v) is 6.77. The van der Waals surface area contributed by atoms with Crippen molar-refractivity contribution in [3.63, 3.8) is 0 Å². The first-order chi connectivity index (χ1) is 10.6. The van der Waals surface area contributed by atoms with Crippen LogP contribution in [0.4, 0.5) is 0 Å². The van der Waals surface area contributed by atoms with E-state index in [2.05, 4.69) is 25.1 Å². The normalized spacial score (nSPS) is 30.1. The first kappa shape index (κ1) is 15.4. The number of ether oxygens (including phenoxy) is 2. The summed E-state index contributed by atoms with van der Waals surface area (Å²) in [4.78, 5) is 12.1. The van der Waals surface area contributed by atoms with Gasteiger partial charge in [-0.3, -0.25) is 4.79 Å². The highest BCUT2D eigenvalue weighted by molar-refractivity contribution is 5.72. The molecule has 2 unspecified atom stereocenters. The molecule has 3 rings (SSSR count). The highest BCUT2D eigenvalue weighted by Gasteiger charge is 2.45. The van der Waals surface area contributed by atoms with Gasteiger partial charge >= 0.3 is 5.97 Å². The second kappa shape index (κ2) is 6.31. The number of aryl methyl sites for hydroxylation is 1. The fourth-order valence-electron chi connectivity index (χ4n) is 4.63. The van der Waals surface area contributed by atoms with E-state index >= 15 is 0 Å². The molecule has 0 radical (unpaired) electrons. The van der Waals surface area contributed by atoms with Crippen LogP contribution in [0.5, 0.6) is 5.75 Å². The Kier molecular flexibility index (Phi) is 4.42. The predicted molar refractivity (Wildman–Crippen MR) is 86.0 cm³/mol. The SMILES string of the molecule is CCOC(=O)C1CC2CCC(C1)C2c1ccc(OC)c(C)c1. The van der Waals surface area contributed by atoms with E-state index in [1.54, 1.807) is 7.11 Å². The van der Waals surface area contributed by atoms with Gasteiger partial charge in [0.1, 0.15) is 5.75 Å². The maximum atomic E-state index is 12.1. The van der Waals surface area contributed by atoms with Gasteiger partial charge in [0.2, 0.25) is 0 Å². The van der Waals surface area contributed by atoms with Gasteiger partial charge in [-0.05, 0) is 74.5 Å². The van der Waals surface area contributed by atoms with Gasteiger partial charge in [0.15, 0.2) is 0 Å². The van der Waals surface area contributed by atoms with Gasteiger partial charge in [-0.25, -0.2) is 0 Å². The van der Waals surface area contributed by atoms with E-state index in [1.165, 1.54) is 24.0 Å². The third-order valence-corrected chi connectivity index (χ3v) is 5.52. The minimum atomic E-state index is 0.0174. The lowest BCUT2D eigenvalue weighted by atomic mass is 9.70. The molecule has 3 nitrogen and oxygen atoms in total. The number of rotatable bonds is 4. The van der Waals surface area contributed by atoms with E-state index in [0.29, 0.717) is 24.4 Å². The van der Waals surface area contributed by atoms with Crippen molar-refractivity contribution in [2.45, 2.75) is 45.4 Å². The Bertz CT molecular complexity index is 538. The molecule has 0 spiro atoms. The van der Waals surface area contributed by atoms with E-state index in [4.69, 9.17) is 9.47 Å². The van der Waals surface area contributed by atoms with E-state index < -0.39 is 0 Å². The molecule has 2 aliphatic rings. The largest absolute Gasteiger partial charge is 0.496 e. The Morgan fingerprint density at radius 3 is 2.45 bits per heavy atom. The molecule has 2 aliphatic carbocycles. The van der Waals surface area contributed by atoms with Gasteiger partial charge < -0.3 is 9.47 Å². The lowest BCUT2D eigenvalue weighted by molar-refractivity contribution is -0.150. The Morgan fingerprint density at radius 2 is 1.91 bits per heavy atom. The highest BCUT2D eigenvalue weighted by Crippen LogP contribution is 2.54. The van der Waals surface area contributed by atoms with E-state index in [9.17, 15) is 4.79 Å². The predicted octanol–water partition coefficient (Wildman–Crippen LogP) is 4.09. The molecule has 120 valence electrons. The van der Waals surface area contributed by atoms with Crippen molar-refractivity contribution < 1.29 is 14.3 Å². The molecule has 0 aliphatic heterocycles. The summed E-state index contributed by atoms with van der Waals surface area (Å²) in [5.74, 6) is 2.95. The lowest BCUT2D eigenvalue weighted by Gasteiger charge is -2.34. The molecule has 1 aromatic carbocycles.